The second-order valence-electron chi connectivity index (χ2n) is 3.59. The molecule has 2 aliphatic heterocycles. The van der Waals surface area contributed by atoms with Crippen molar-refractivity contribution in [3.8, 4) is 0 Å². The summed E-state index contributed by atoms with van der Waals surface area (Å²) < 4.78 is 10.3. The lowest BCUT2D eigenvalue weighted by Crippen LogP contribution is -2.05. The van der Waals surface area contributed by atoms with E-state index in [1.165, 1.54) is 17.3 Å². The topological polar surface area (TPSA) is 25.1 Å². The minimum Gasteiger partial charge on any atom is -0.372 e. The van der Waals surface area contributed by atoms with Crippen molar-refractivity contribution in [3.05, 3.63) is 0 Å². The van der Waals surface area contributed by atoms with Crippen LogP contribution >= 0.6 is 23.5 Å². The van der Waals surface area contributed by atoms with Crippen LogP contribution in [-0.4, -0.2) is 47.9 Å². The lowest BCUT2D eigenvalue weighted by atomic mass is 10.5. The Balaban J connectivity index is 1.42. The lowest BCUT2D eigenvalue weighted by molar-refractivity contribution is 0.425. The SMILES string of the molecule is CC(CSCC1CO1)SCC1CO1. The molecule has 2 fully saturated rings. The van der Waals surface area contributed by atoms with Crippen molar-refractivity contribution in [2.45, 2.75) is 24.4 Å². The average molecular weight is 220 g/mol. The maximum atomic E-state index is 5.16. The molecule has 2 saturated heterocycles. The van der Waals surface area contributed by atoms with Gasteiger partial charge < -0.3 is 9.47 Å². The zero-order chi connectivity index (χ0) is 9.10. The fraction of sp³-hybridized carbons (Fsp3) is 1.00. The van der Waals surface area contributed by atoms with Gasteiger partial charge in [-0.2, -0.15) is 23.5 Å². The van der Waals surface area contributed by atoms with Gasteiger partial charge in [-0.15, -0.1) is 0 Å². The highest BCUT2D eigenvalue weighted by Crippen LogP contribution is 2.24. The summed E-state index contributed by atoms with van der Waals surface area (Å²) in [6.45, 7) is 4.28. The quantitative estimate of drug-likeness (QED) is 0.609. The molecule has 2 heterocycles. The van der Waals surface area contributed by atoms with Crippen LogP contribution in [0.15, 0.2) is 0 Å². The zero-order valence-corrected chi connectivity index (χ0v) is 9.53. The molecule has 0 saturated carbocycles. The first-order valence-corrected chi connectivity index (χ1v) is 6.97. The monoisotopic (exact) mass is 220 g/mol. The van der Waals surface area contributed by atoms with E-state index in [0.717, 1.165) is 18.5 Å². The predicted octanol–water partition coefficient (Wildman–Crippen LogP) is 1.64. The van der Waals surface area contributed by atoms with Gasteiger partial charge in [0, 0.05) is 22.5 Å². The van der Waals surface area contributed by atoms with Crippen molar-refractivity contribution in [1.82, 2.24) is 0 Å². The molecule has 13 heavy (non-hydrogen) atoms. The molecule has 2 rings (SSSR count). The Bertz CT molecular complexity index is 158. The molecule has 0 spiro atoms. The molecule has 0 aromatic rings. The van der Waals surface area contributed by atoms with Gasteiger partial charge in [0.2, 0.25) is 0 Å². The molecule has 3 atom stereocenters. The third-order valence-electron chi connectivity index (χ3n) is 2.03. The molecule has 0 N–H and O–H groups in total. The Labute approximate surface area is 88.1 Å². The van der Waals surface area contributed by atoms with E-state index < -0.39 is 0 Å². The summed E-state index contributed by atoms with van der Waals surface area (Å²) in [6, 6.07) is 0. The number of rotatable bonds is 7. The summed E-state index contributed by atoms with van der Waals surface area (Å²) in [7, 11) is 0. The minimum atomic E-state index is 0.573. The van der Waals surface area contributed by atoms with Crippen molar-refractivity contribution < 1.29 is 9.47 Å². The van der Waals surface area contributed by atoms with E-state index in [0.29, 0.717) is 12.2 Å². The van der Waals surface area contributed by atoms with E-state index in [2.05, 4.69) is 6.92 Å². The van der Waals surface area contributed by atoms with Crippen LogP contribution in [0.25, 0.3) is 0 Å². The van der Waals surface area contributed by atoms with Crippen molar-refractivity contribution in [3.63, 3.8) is 0 Å². The maximum absolute atomic E-state index is 5.16. The Morgan fingerprint density at radius 1 is 1.23 bits per heavy atom. The van der Waals surface area contributed by atoms with Crippen LogP contribution in [0.2, 0.25) is 0 Å². The molecule has 2 aliphatic rings. The van der Waals surface area contributed by atoms with E-state index in [1.54, 1.807) is 0 Å². The molecular weight excluding hydrogens is 204 g/mol. The Morgan fingerprint density at radius 2 is 1.85 bits per heavy atom. The van der Waals surface area contributed by atoms with Crippen LogP contribution in [-0.2, 0) is 9.47 Å². The molecule has 4 heteroatoms. The van der Waals surface area contributed by atoms with Crippen LogP contribution in [0, 0.1) is 0 Å². The fourth-order valence-corrected chi connectivity index (χ4v) is 3.35. The van der Waals surface area contributed by atoms with E-state index >= 15 is 0 Å². The van der Waals surface area contributed by atoms with Gasteiger partial charge in [-0.05, 0) is 0 Å². The summed E-state index contributed by atoms with van der Waals surface area (Å²) in [5.74, 6) is 3.61. The summed E-state index contributed by atoms with van der Waals surface area (Å²) >= 11 is 4.05. The van der Waals surface area contributed by atoms with Gasteiger partial charge in [0.15, 0.2) is 0 Å². The van der Waals surface area contributed by atoms with E-state index in [-0.39, 0.29) is 0 Å². The molecular formula is C9H16O2S2. The average Bonchev–Trinajstić information content (AvgIpc) is 2.97. The van der Waals surface area contributed by atoms with Gasteiger partial charge in [-0.25, -0.2) is 0 Å². The molecule has 0 amide bonds. The smallest absolute Gasteiger partial charge is 0.0900 e. The summed E-state index contributed by atoms with van der Waals surface area (Å²) in [6.07, 6.45) is 1.15. The Morgan fingerprint density at radius 3 is 2.46 bits per heavy atom. The fourth-order valence-electron chi connectivity index (χ4n) is 1.01. The Kier molecular flexibility index (Phi) is 3.84. The molecule has 0 bridgehead atoms. The molecule has 0 aromatic carbocycles. The molecule has 0 aromatic heterocycles. The summed E-state index contributed by atoms with van der Waals surface area (Å²) in [5.41, 5.74) is 0. The summed E-state index contributed by atoms with van der Waals surface area (Å²) in [4.78, 5) is 0. The minimum absolute atomic E-state index is 0.573. The third kappa shape index (κ3) is 4.58. The lowest BCUT2D eigenvalue weighted by Gasteiger charge is -2.08. The van der Waals surface area contributed by atoms with Crippen LogP contribution in [0.1, 0.15) is 6.92 Å². The standard InChI is InChI=1S/C9H16O2S2/c1-7(13-6-9-3-11-9)4-12-5-8-2-10-8/h7-9H,2-6H2,1H3. The zero-order valence-electron chi connectivity index (χ0n) is 7.90. The van der Waals surface area contributed by atoms with Gasteiger partial charge in [0.1, 0.15) is 0 Å². The Hall–Kier alpha value is 0.620. The van der Waals surface area contributed by atoms with Crippen LogP contribution in [0.5, 0.6) is 0 Å². The first-order valence-electron chi connectivity index (χ1n) is 4.77. The largest absolute Gasteiger partial charge is 0.372 e. The van der Waals surface area contributed by atoms with Gasteiger partial charge in [-0.3, -0.25) is 0 Å². The van der Waals surface area contributed by atoms with Crippen molar-refractivity contribution in [2.75, 3.05) is 30.5 Å². The molecule has 0 radical (unpaired) electrons. The second-order valence-corrected chi connectivity index (χ2v) is 6.14. The van der Waals surface area contributed by atoms with E-state index in [9.17, 15) is 0 Å². The van der Waals surface area contributed by atoms with Crippen LogP contribution in [0.4, 0.5) is 0 Å². The van der Waals surface area contributed by atoms with Crippen LogP contribution < -0.4 is 0 Å². The highest BCUT2D eigenvalue weighted by molar-refractivity contribution is 8.03. The molecule has 3 unspecified atom stereocenters. The normalized spacial score (nSPS) is 33.0. The summed E-state index contributed by atoms with van der Waals surface area (Å²) in [5, 5.41) is 0.757. The van der Waals surface area contributed by atoms with E-state index in [1.807, 2.05) is 23.5 Å². The van der Waals surface area contributed by atoms with Gasteiger partial charge >= 0.3 is 0 Å². The number of thioether (sulfide) groups is 2. The van der Waals surface area contributed by atoms with Crippen molar-refractivity contribution in [1.29, 1.82) is 0 Å². The predicted molar refractivity (Wildman–Crippen MR) is 58.7 cm³/mol. The highest BCUT2D eigenvalue weighted by Gasteiger charge is 2.24. The molecule has 0 aliphatic carbocycles. The first kappa shape index (κ1) is 10.1. The highest BCUT2D eigenvalue weighted by atomic mass is 32.2. The number of epoxide rings is 2. The number of hydrogen-bond acceptors (Lipinski definition) is 4. The van der Waals surface area contributed by atoms with E-state index in [4.69, 9.17) is 9.47 Å². The van der Waals surface area contributed by atoms with Gasteiger partial charge in [-0.1, -0.05) is 6.92 Å². The third-order valence-corrected chi connectivity index (χ3v) is 4.88. The van der Waals surface area contributed by atoms with Gasteiger partial charge in [0.25, 0.3) is 0 Å². The molecule has 76 valence electrons. The number of hydrogen-bond donors (Lipinski definition) is 0. The van der Waals surface area contributed by atoms with Crippen LogP contribution in [0.3, 0.4) is 0 Å². The van der Waals surface area contributed by atoms with Crippen molar-refractivity contribution in [2.24, 2.45) is 0 Å². The first-order chi connectivity index (χ1) is 6.34. The number of ether oxygens (including phenoxy) is 2. The van der Waals surface area contributed by atoms with Gasteiger partial charge in [0.05, 0.1) is 25.4 Å². The second kappa shape index (κ2) is 4.91. The molecule has 2 nitrogen and oxygen atoms in total. The van der Waals surface area contributed by atoms with Crippen molar-refractivity contribution >= 4 is 23.5 Å². The maximum Gasteiger partial charge on any atom is 0.0900 e.